The second-order valence-corrected chi connectivity index (χ2v) is 12.0. The van der Waals surface area contributed by atoms with Gasteiger partial charge >= 0.3 is 0 Å². The molecule has 1 N–H and O–H groups in total. The average molecular weight is 548 g/mol. The van der Waals surface area contributed by atoms with Gasteiger partial charge in [0.05, 0.1) is 25.7 Å². The number of hydrogen-bond acceptors (Lipinski definition) is 6. The van der Waals surface area contributed by atoms with Crippen molar-refractivity contribution in [3.8, 4) is 11.5 Å². The Morgan fingerprint density at radius 1 is 1.08 bits per heavy atom. The van der Waals surface area contributed by atoms with Gasteiger partial charge in [-0.1, -0.05) is 24.3 Å². The molecule has 0 unspecified atom stereocenters. The fourth-order valence-corrected chi connectivity index (χ4v) is 4.92. The van der Waals surface area contributed by atoms with Crippen molar-refractivity contribution in [3.05, 3.63) is 54.1 Å². The number of nitrogens with one attached hydrogen (secondary N) is 1. The summed E-state index contributed by atoms with van der Waals surface area (Å²) in [6, 6.07) is 13.5. The van der Waals surface area contributed by atoms with E-state index in [0.717, 1.165) is 11.8 Å². The van der Waals surface area contributed by atoms with E-state index in [1.807, 2.05) is 52.0 Å². The second-order valence-electron chi connectivity index (χ2n) is 10.1. The van der Waals surface area contributed by atoms with Crippen LogP contribution < -0.4 is 19.1 Å². The maximum Gasteiger partial charge on any atom is 0.242 e. The SMILES string of the molecule is CCOc1ccccc1N(CCCC(=O)N(Cc1cccc(OC)c1)[C@@H](C)C(=O)NC(C)(C)C)S(C)(=O)=O. The van der Waals surface area contributed by atoms with E-state index in [9.17, 15) is 18.0 Å². The minimum Gasteiger partial charge on any atom is -0.497 e. The molecule has 10 heteroatoms. The second kappa shape index (κ2) is 13.5. The van der Waals surface area contributed by atoms with Crippen LogP contribution in [0.3, 0.4) is 0 Å². The smallest absolute Gasteiger partial charge is 0.242 e. The number of carbonyl (C=O) groups excluding carboxylic acids is 2. The first-order valence-electron chi connectivity index (χ1n) is 12.7. The van der Waals surface area contributed by atoms with Crippen molar-refractivity contribution in [3.63, 3.8) is 0 Å². The molecule has 38 heavy (non-hydrogen) atoms. The van der Waals surface area contributed by atoms with Crippen LogP contribution in [0.2, 0.25) is 0 Å². The summed E-state index contributed by atoms with van der Waals surface area (Å²) < 4.78 is 37.5. The summed E-state index contributed by atoms with van der Waals surface area (Å²) in [7, 11) is -2.06. The van der Waals surface area contributed by atoms with Crippen molar-refractivity contribution >= 4 is 27.5 Å². The van der Waals surface area contributed by atoms with Crippen molar-refractivity contribution in [2.75, 3.05) is 30.8 Å². The zero-order chi connectivity index (χ0) is 28.5. The van der Waals surface area contributed by atoms with Gasteiger partial charge in [-0.25, -0.2) is 8.42 Å². The van der Waals surface area contributed by atoms with Crippen molar-refractivity contribution < 1.29 is 27.5 Å². The third kappa shape index (κ3) is 9.24. The lowest BCUT2D eigenvalue weighted by molar-refractivity contribution is -0.141. The molecule has 0 bridgehead atoms. The molecule has 210 valence electrons. The van der Waals surface area contributed by atoms with Crippen LogP contribution >= 0.6 is 0 Å². The van der Waals surface area contributed by atoms with E-state index in [4.69, 9.17) is 9.47 Å². The summed E-state index contributed by atoms with van der Waals surface area (Å²) in [4.78, 5) is 28.0. The van der Waals surface area contributed by atoms with Crippen LogP contribution in [0.4, 0.5) is 5.69 Å². The standard InChI is InChI=1S/C28H41N3O6S/c1-8-37-25-16-10-9-15-24(25)31(38(7,34)35)18-12-17-26(32)30(21(2)27(33)29-28(3,4)5)20-22-13-11-14-23(19-22)36-6/h9-11,13-16,19,21H,8,12,17-18,20H2,1-7H3,(H,29,33)/t21-/m0/s1. The van der Waals surface area contributed by atoms with Gasteiger partial charge in [-0.05, 0) is 70.9 Å². The quantitative estimate of drug-likeness (QED) is 0.407. The number of sulfonamides is 1. The van der Waals surface area contributed by atoms with Crippen LogP contribution in [0, 0.1) is 0 Å². The number of nitrogens with zero attached hydrogens (tertiary/aromatic N) is 2. The van der Waals surface area contributed by atoms with Gasteiger partial charge in [0.1, 0.15) is 17.5 Å². The van der Waals surface area contributed by atoms with Gasteiger partial charge in [0.15, 0.2) is 0 Å². The van der Waals surface area contributed by atoms with Gasteiger partial charge in [0, 0.05) is 25.0 Å². The molecule has 2 aromatic carbocycles. The van der Waals surface area contributed by atoms with Crippen LogP contribution in [-0.2, 0) is 26.2 Å². The van der Waals surface area contributed by atoms with Crippen molar-refractivity contribution in [1.82, 2.24) is 10.2 Å². The molecule has 0 aliphatic rings. The lowest BCUT2D eigenvalue weighted by Gasteiger charge is -2.32. The van der Waals surface area contributed by atoms with Gasteiger partial charge in [0.25, 0.3) is 0 Å². The Morgan fingerprint density at radius 3 is 2.37 bits per heavy atom. The highest BCUT2D eigenvalue weighted by Crippen LogP contribution is 2.30. The van der Waals surface area contributed by atoms with E-state index in [1.54, 1.807) is 38.3 Å². The van der Waals surface area contributed by atoms with Gasteiger partial charge in [-0.2, -0.15) is 0 Å². The molecule has 0 fully saturated rings. The molecule has 0 heterocycles. The molecule has 0 radical (unpaired) electrons. The van der Waals surface area contributed by atoms with Crippen LogP contribution in [0.1, 0.15) is 53.0 Å². The largest absolute Gasteiger partial charge is 0.497 e. The number of methoxy groups -OCH3 is 1. The third-order valence-electron chi connectivity index (χ3n) is 5.74. The molecule has 0 saturated heterocycles. The monoisotopic (exact) mass is 547 g/mol. The minimum absolute atomic E-state index is 0.0555. The average Bonchev–Trinajstić information content (AvgIpc) is 2.83. The van der Waals surface area contributed by atoms with Gasteiger partial charge in [0.2, 0.25) is 21.8 Å². The Morgan fingerprint density at radius 2 is 1.76 bits per heavy atom. The first-order valence-corrected chi connectivity index (χ1v) is 14.6. The van der Waals surface area contributed by atoms with E-state index in [1.165, 1.54) is 9.21 Å². The topological polar surface area (TPSA) is 105 Å². The van der Waals surface area contributed by atoms with E-state index in [-0.39, 0.29) is 37.7 Å². The zero-order valence-corrected chi connectivity index (χ0v) is 24.3. The van der Waals surface area contributed by atoms with Crippen LogP contribution in [-0.4, -0.2) is 63.2 Å². The first-order chi connectivity index (χ1) is 17.8. The van der Waals surface area contributed by atoms with E-state index in [0.29, 0.717) is 23.8 Å². The molecular formula is C28H41N3O6S. The Balaban J connectivity index is 2.25. The fourth-order valence-electron chi connectivity index (χ4n) is 3.95. The van der Waals surface area contributed by atoms with E-state index >= 15 is 0 Å². The molecule has 0 saturated carbocycles. The lowest BCUT2D eigenvalue weighted by Crippen LogP contribution is -2.52. The number of anilines is 1. The van der Waals surface area contributed by atoms with Gasteiger partial charge in [-0.3, -0.25) is 13.9 Å². The Kier molecular flexibility index (Phi) is 11.0. The maximum atomic E-state index is 13.5. The summed E-state index contributed by atoms with van der Waals surface area (Å²) in [6.45, 7) is 9.85. The molecule has 2 rings (SSSR count). The molecule has 9 nitrogen and oxygen atoms in total. The summed E-state index contributed by atoms with van der Waals surface area (Å²) in [5.41, 5.74) is 0.784. The number of para-hydroxylation sites is 2. The van der Waals surface area contributed by atoms with Crippen molar-refractivity contribution in [2.45, 2.75) is 65.6 Å². The van der Waals surface area contributed by atoms with Crippen LogP contribution in [0.15, 0.2) is 48.5 Å². The summed E-state index contributed by atoms with van der Waals surface area (Å²) >= 11 is 0. The normalized spacial score (nSPS) is 12.4. The maximum absolute atomic E-state index is 13.5. The van der Waals surface area contributed by atoms with E-state index < -0.39 is 21.6 Å². The molecule has 1 atom stereocenters. The number of hydrogen-bond donors (Lipinski definition) is 1. The highest BCUT2D eigenvalue weighted by atomic mass is 32.2. The summed E-state index contributed by atoms with van der Waals surface area (Å²) in [5, 5.41) is 2.94. The molecule has 2 aromatic rings. The molecular weight excluding hydrogens is 506 g/mol. The van der Waals surface area contributed by atoms with E-state index in [2.05, 4.69) is 5.32 Å². The summed E-state index contributed by atoms with van der Waals surface area (Å²) in [6.07, 6.45) is 1.44. The third-order valence-corrected chi connectivity index (χ3v) is 6.92. The first kappa shape index (κ1) is 31.0. The highest BCUT2D eigenvalue weighted by Gasteiger charge is 2.29. The lowest BCUT2D eigenvalue weighted by atomic mass is 10.1. The Hall–Kier alpha value is -3.27. The Bertz CT molecular complexity index is 1190. The highest BCUT2D eigenvalue weighted by molar-refractivity contribution is 7.92. The number of rotatable bonds is 13. The zero-order valence-electron chi connectivity index (χ0n) is 23.5. The summed E-state index contributed by atoms with van der Waals surface area (Å²) in [5.74, 6) is 0.588. The number of ether oxygens (including phenoxy) is 2. The van der Waals surface area contributed by atoms with Crippen LogP contribution in [0.5, 0.6) is 11.5 Å². The van der Waals surface area contributed by atoms with Crippen molar-refractivity contribution in [1.29, 1.82) is 0 Å². The molecule has 0 spiro atoms. The van der Waals surface area contributed by atoms with Crippen molar-refractivity contribution in [2.24, 2.45) is 0 Å². The predicted octanol–water partition coefficient (Wildman–Crippen LogP) is 3.97. The number of benzene rings is 2. The molecule has 0 aromatic heterocycles. The minimum atomic E-state index is -3.63. The number of carbonyl (C=O) groups is 2. The molecule has 0 aliphatic heterocycles. The molecule has 0 aliphatic carbocycles. The van der Waals surface area contributed by atoms with Gasteiger partial charge in [-0.15, -0.1) is 0 Å². The predicted molar refractivity (Wildman–Crippen MR) is 150 cm³/mol. The fraction of sp³-hybridized carbons (Fsp3) is 0.500. The number of amides is 2. The van der Waals surface area contributed by atoms with Gasteiger partial charge < -0.3 is 19.7 Å². The Labute approximate surface area is 227 Å². The molecule has 2 amide bonds. The van der Waals surface area contributed by atoms with Crippen LogP contribution in [0.25, 0.3) is 0 Å².